The zero-order valence-corrected chi connectivity index (χ0v) is 13.4. The largest absolute Gasteiger partial charge is 0.381 e. The molecule has 0 amide bonds. The average Bonchev–Trinajstić information content (AvgIpc) is 2.63. The minimum Gasteiger partial charge on any atom is -0.381 e. The highest BCUT2D eigenvalue weighted by Gasteiger charge is 2.24. The van der Waals surface area contributed by atoms with Crippen LogP contribution in [0, 0.1) is 6.92 Å². The van der Waals surface area contributed by atoms with Crippen LogP contribution in [-0.4, -0.2) is 18.2 Å². The molecule has 2 rings (SSSR count). The Kier molecular flexibility index (Phi) is 3.95. The standard InChI is InChI=1S/C14H20N4O2S/c1-9(2)11-6-5-7-12(8-11)17-21(19,20)13-10(3)18(4)16-14(13)15/h5-9,17H,1-4H3,(H2,15,16). The van der Waals surface area contributed by atoms with Crippen molar-refractivity contribution in [3.63, 3.8) is 0 Å². The first-order valence-electron chi connectivity index (χ1n) is 6.64. The number of rotatable bonds is 4. The molecule has 114 valence electrons. The fourth-order valence-electron chi connectivity index (χ4n) is 2.11. The van der Waals surface area contributed by atoms with Crippen molar-refractivity contribution >= 4 is 21.5 Å². The molecule has 0 atom stereocenters. The molecule has 2 aromatic rings. The van der Waals surface area contributed by atoms with Crippen molar-refractivity contribution in [2.45, 2.75) is 31.6 Å². The Morgan fingerprint density at radius 3 is 2.52 bits per heavy atom. The predicted molar refractivity (Wildman–Crippen MR) is 83.7 cm³/mol. The zero-order chi connectivity index (χ0) is 15.8. The number of benzene rings is 1. The number of anilines is 2. The molecule has 0 radical (unpaired) electrons. The number of aromatic nitrogens is 2. The summed E-state index contributed by atoms with van der Waals surface area (Å²) in [5.41, 5.74) is 7.79. The van der Waals surface area contributed by atoms with E-state index in [0.717, 1.165) is 5.56 Å². The van der Waals surface area contributed by atoms with Gasteiger partial charge in [-0.25, -0.2) is 8.42 Å². The second kappa shape index (κ2) is 5.40. The molecule has 0 aliphatic heterocycles. The van der Waals surface area contributed by atoms with Crippen molar-refractivity contribution in [2.24, 2.45) is 7.05 Å². The van der Waals surface area contributed by atoms with Crippen LogP contribution in [0.5, 0.6) is 0 Å². The van der Waals surface area contributed by atoms with E-state index in [-0.39, 0.29) is 10.7 Å². The van der Waals surface area contributed by atoms with Crippen LogP contribution in [0.4, 0.5) is 11.5 Å². The molecular formula is C14H20N4O2S. The van der Waals surface area contributed by atoms with E-state index >= 15 is 0 Å². The van der Waals surface area contributed by atoms with Crippen molar-refractivity contribution in [2.75, 3.05) is 10.5 Å². The van der Waals surface area contributed by atoms with E-state index in [1.807, 2.05) is 18.2 Å². The maximum absolute atomic E-state index is 12.5. The molecule has 7 heteroatoms. The van der Waals surface area contributed by atoms with Crippen LogP contribution in [-0.2, 0) is 17.1 Å². The highest BCUT2D eigenvalue weighted by molar-refractivity contribution is 7.93. The Bertz CT molecular complexity index is 763. The van der Waals surface area contributed by atoms with Gasteiger partial charge in [-0.2, -0.15) is 5.10 Å². The molecule has 1 aromatic heterocycles. The van der Waals surface area contributed by atoms with E-state index in [1.165, 1.54) is 4.68 Å². The monoisotopic (exact) mass is 308 g/mol. The topological polar surface area (TPSA) is 90.0 Å². The molecule has 6 nitrogen and oxygen atoms in total. The number of hydrogen-bond acceptors (Lipinski definition) is 4. The fourth-order valence-corrected chi connectivity index (χ4v) is 3.49. The molecule has 0 spiro atoms. The predicted octanol–water partition coefficient (Wildman–Crippen LogP) is 2.23. The Morgan fingerprint density at radius 2 is 2.00 bits per heavy atom. The molecule has 0 bridgehead atoms. The molecule has 0 unspecified atom stereocenters. The SMILES string of the molecule is Cc1c(S(=O)(=O)Nc2cccc(C(C)C)c2)c(N)nn1C. The fraction of sp³-hybridized carbons (Fsp3) is 0.357. The van der Waals surface area contributed by atoms with E-state index < -0.39 is 10.0 Å². The van der Waals surface area contributed by atoms with E-state index in [2.05, 4.69) is 23.7 Å². The highest BCUT2D eigenvalue weighted by Crippen LogP contribution is 2.25. The molecule has 21 heavy (non-hydrogen) atoms. The minimum atomic E-state index is -3.75. The van der Waals surface area contributed by atoms with E-state index in [9.17, 15) is 8.42 Å². The second-order valence-corrected chi connectivity index (χ2v) is 6.93. The Labute approximate surface area is 125 Å². The van der Waals surface area contributed by atoms with Gasteiger partial charge in [0.25, 0.3) is 10.0 Å². The Hall–Kier alpha value is -2.02. The maximum Gasteiger partial charge on any atom is 0.267 e. The van der Waals surface area contributed by atoms with Gasteiger partial charge >= 0.3 is 0 Å². The first-order chi connectivity index (χ1) is 9.72. The second-order valence-electron chi connectivity index (χ2n) is 5.31. The van der Waals surface area contributed by atoms with Crippen LogP contribution in [0.1, 0.15) is 31.0 Å². The van der Waals surface area contributed by atoms with Gasteiger partial charge in [0.15, 0.2) is 10.7 Å². The van der Waals surface area contributed by atoms with Gasteiger partial charge in [-0.3, -0.25) is 9.40 Å². The van der Waals surface area contributed by atoms with Crippen molar-refractivity contribution in [1.29, 1.82) is 0 Å². The molecule has 0 saturated heterocycles. The van der Waals surface area contributed by atoms with Crippen molar-refractivity contribution < 1.29 is 8.42 Å². The lowest BCUT2D eigenvalue weighted by molar-refractivity contribution is 0.600. The van der Waals surface area contributed by atoms with E-state index in [4.69, 9.17) is 5.73 Å². The normalized spacial score (nSPS) is 11.9. The zero-order valence-electron chi connectivity index (χ0n) is 12.6. The number of sulfonamides is 1. The van der Waals surface area contributed by atoms with Gasteiger partial charge < -0.3 is 5.73 Å². The van der Waals surface area contributed by atoms with Gasteiger partial charge in [-0.1, -0.05) is 26.0 Å². The number of nitrogens with one attached hydrogen (secondary N) is 1. The molecule has 0 saturated carbocycles. The van der Waals surface area contributed by atoms with Crippen molar-refractivity contribution in [3.8, 4) is 0 Å². The summed E-state index contributed by atoms with van der Waals surface area (Å²) in [5.74, 6) is 0.321. The highest BCUT2D eigenvalue weighted by atomic mass is 32.2. The smallest absolute Gasteiger partial charge is 0.267 e. The number of hydrogen-bond donors (Lipinski definition) is 2. The summed E-state index contributed by atoms with van der Waals surface area (Å²) >= 11 is 0. The molecule has 3 N–H and O–H groups in total. The van der Waals surface area contributed by atoms with Gasteiger partial charge in [-0.15, -0.1) is 0 Å². The minimum absolute atomic E-state index is 0.00233. The van der Waals surface area contributed by atoms with Gasteiger partial charge in [0.05, 0.1) is 5.69 Å². The summed E-state index contributed by atoms with van der Waals surface area (Å²) < 4.78 is 29.0. The summed E-state index contributed by atoms with van der Waals surface area (Å²) in [4.78, 5) is 0.0277. The Balaban J connectivity index is 2.40. The van der Waals surface area contributed by atoms with Crippen LogP contribution in [0.2, 0.25) is 0 Å². The summed E-state index contributed by atoms with van der Waals surface area (Å²) in [5, 5.41) is 3.94. The molecule has 0 aliphatic rings. The van der Waals surface area contributed by atoms with Crippen LogP contribution in [0.15, 0.2) is 29.2 Å². The molecule has 1 heterocycles. The van der Waals surface area contributed by atoms with Crippen LogP contribution in [0.25, 0.3) is 0 Å². The summed E-state index contributed by atoms with van der Waals surface area (Å²) in [7, 11) is -2.10. The van der Waals surface area contributed by atoms with Crippen LogP contribution >= 0.6 is 0 Å². The lowest BCUT2D eigenvalue weighted by Crippen LogP contribution is -2.15. The first kappa shape index (κ1) is 15.4. The third-order valence-electron chi connectivity index (χ3n) is 3.38. The van der Waals surface area contributed by atoms with Crippen LogP contribution in [0.3, 0.4) is 0 Å². The van der Waals surface area contributed by atoms with Crippen molar-refractivity contribution in [1.82, 2.24) is 9.78 Å². The molecule has 0 fully saturated rings. The lowest BCUT2D eigenvalue weighted by atomic mass is 10.0. The van der Waals surface area contributed by atoms with Gasteiger partial charge in [0.1, 0.15) is 0 Å². The summed E-state index contributed by atoms with van der Waals surface area (Å²) in [6, 6.07) is 7.33. The number of nitrogen functional groups attached to an aromatic ring is 1. The van der Waals surface area contributed by atoms with E-state index in [0.29, 0.717) is 17.3 Å². The van der Waals surface area contributed by atoms with Gasteiger partial charge in [-0.05, 0) is 30.5 Å². The van der Waals surface area contributed by atoms with Crippen LogP contribution < -0.4 is 10.5 Å². The number of nitrogens with zero attached hydrogens (tertiary/aromatic N) is 2. The van der Waals surface area contributed by atoms with E-state index in [1.54, 1.807) is 20.0 Å². The average molecular weight is 308 g/mol. The third kappa shape index (κ3) is 3.02. The quantitative estimate of drug-likeness (QED) is 0.906. The van der Waals surface area contributed by atoms with Gasteiger partial charge in [0.2, 0.25) is 0 Å². The van der Waals surface area contributed by atoms with Crippen molar-refractivity contribution in [3.05, 3.63) is 35.5 Å². The molecule has 1 aromatic carbocycles. The van der Waals surface area contributed by atoms with Gasteiger partial charge in [0, 0.05) is 12.7 Å². The maximum atomic E-state index is 12.5. The Morgan fingerprint density at radius 1 is 1.33 bits per heavy atom. The summed E-state index contributed by atoms with van der Waals surface area (Å²) in [6.07, 6.45) is 0. The summed E-state index contributed by atoms with van der Waals surface area (Å²) in [6.45, 7) is 5.77. The first-order valence-corrected chi connectivity index (χ1v) is 8.12. The number of nitrogens with two attached hydrogens (primary N) is 1. The third-order valence-corrected chi connectivity index (χ3v) is 4.93. The molecular weight excluding hydrogens is 288 g/mol. The lowest BCUT2D eigenvalue weighted by Gasteiger charge is -2.11. The molecule has 0 aliphatic carbocycles. The number of aryl methyl sites for hydroxylation is 1.